The summed E-state index contributed by atoms with van der Waals surface area (Å²) >= 11 is 0. The molecule has 20 heavy (non-hydrogen) atoms. The van der Waals surface area contributed by atoms with E-state index in [4.69, 9.17) is 4.74 Å². The van der Waals surface area contributed by atoms with Crippen LogP contribution < -0.4 is 10.1 Å². The molecule has 0 saturated heterocycles. The summed E-state index contributed by atoms with van der Waals surface area (Å²) in [5, 5.41) is 7.60. The van der Waals surface area contributed by atoms with Gasteiger partial charge in [0.25, 0.3) is 0 Å². The standard InChI is InChI=1S/C16H23N3O/c1-4-20-16-8-6-5-7-14(16)15(17-2)10-9-13-11-12-18-19(13)3/h5-8,11-12,15,17H,4,9-10H2,1-3H3. The Morgan fingerprint density at radius 1 is 1.30 bits per heavy atom. The maximum Gasteiger partial charge on any atom is 0.124 e. The van der Waals surface area contributed by atoms with Gasteiger partial charge in [-0.25, -0.2) is 0 Å². The van der Waals surface area contributed by atoms with Gasteiger partial charge in [-0.15, -0.1) is 0 Å². The molecule has 0 radical (unpaired) electrons. The maximum atomic E-state index is 5.72. The van der Waals surface area contributed by atoms with Crippen molar-refractivity contribution in [2.45, 2.75) is 25.8 Å². The third kappa shape index (κ3) is 3.39. The first kappa shape index (κ1) is 14.6. The van der Waals surface area contributed by atoms with Crippen molar-refractivity contribution in [1.82, 2.24) is 15.1 Å². The van der Waals surface area contributed by atoms with Gasteiger partial charge in [-0.2, -0.15) is 5.10 Å². The summed E-state index contributed by atoms with van der Waals surface area (Å²) in [5.41, 5.74) is 2.47. The van der Waals surface area contributed by atoms with E-state index in [1.807, 2.05) is 44.0 Å². The van der Waals surface area contributed by atoms with E-state index in [0.29, 0.717) is 6.61 Å². The minimum Gasteiger partial charge on any atom is -0.494 e. The highest BCUT2D eigenvalue weighted by atomic mass is 16.5. The molecule has 0 fully saturated rings. The number of para-hydroxylation sites is 1. The Hall–Kier alpha value is -1.81. The van der Waals surface area contributed by atoms with Crippen molar-refractivity contribution in [3.8, 4) is 5.75 Å². The Morgan fingerprint density at radius 2 is 2.10 bits per heavy atom. The molecule has 4 heteroatoms. The van der Waals surface area contributed by atoms with Crippen LogP contribution in [0.25, 0.3) is 0 Å². The lowest BCUT2D eigenvalue weighted by Gasteiger charge is -2.20. The summed E-state index contributed by atoms with van der Waals surface area (Å²) in [7, 11) is 3.98. The van der Waals surface area contributed by atoms with Crippen molar-refractivity contribution in [2.75, 3.05) is 13.7 Å². The van der Waals surface area contributed by atoms with Crippen LogP contribution in [-0.4, -0.2) is 23.4 Å². The molecule has 1 aromatic heterocycles. The molecule has 4 nitrogen and oxygen atoms in total. The van der Waals surface area contributed by atoms with Gasteiger partial charge in [0.15, 0.2) is 0 Å². The second-order valence-electron chi connectivity index (χ2n) is 4.80. The van der Waals surface area contributed by atoms with Crippen molar-refractivity contribution in [1.29, 1.82) is 0 Å². The van der Waals surface area contributed by atoms with Gasteiger partial charge in [-0.05, 0) is 38.9 Å². The molecule has 1 atom stereocenters. The highest BCUT2D eigenvalue weighted by Gasteiger charge is 2.14. The number of aryl methyl sites for hydroxylation is 2. The second kappa shape index (κ2) is 7.10. The van der Waals surface area contributed by atoms with Crippen molar-refractivity contribution in [2.24, 2.45) is 7.05 Å². The number of ether oxygens (including phenoxy) is 1. The fourth-order valence-corrected chi connectivity index (χ4v) is 2.45. The zero-order valence-corrected chi connectivity index (χ0v) is 12.5. The average Bonchev–Trinajstić information content (AvgIpc) is 2.87. The van der Waals surface area contributed by atoms with Crippen LogP contribution in [0.3, 0.4) is 0 Å². The third-order valence-corrected chi connectivity index (χ3v) is 3.55. The van der Waals surface area contributed by atoms with Crippen molar-refractivity contribution in [3.05, 3.63) is 47.8 Å². The van der Waals surface area contributed by atoms with Crippen LogP contribution in [0, 0.1) is 0 Å². The normalized spacial score (nSPS) is 12.3. The highest BCUT2D eigenvalue weighted by Crippen LogP contribution is 2.28. The van der Waals surface area contributed by atoms with Crippen LogP contribution in [-0.2, 0) is 13.5 Å². The summed E-state index contributed by atoms with van der Waals surface area (Å²) in [6.07, 6.45) is 3.85. The summed E-state index contributed by atoms with van der Waals surface area (Å²) in [6, 6.07) is 10.6. The van der Waals surface area contributed by atoms with Gasteiger partial charge in [-0.1, -0.05) is 18.2 Å². The third-order valence-electron chi connectivity index (χ3n) is 3.55. The number of hydrogen-bond acceptors (Lipinski definition) is 3. The summed E-state index contributed by atoms with van der Waals surface area (Å²) in [4.78, 5) is 0. The molecule has 2 aromatic rings. The Labute approximate surface area is 120 Å². The molecule has 0 spiro atoms. The van der Waals surface area contributed by atoms with E-state index >= 15 is 0 Å². The summed E-state index contributed by atoms with van der Waals surface area (Å²) < 4.78 is 7.65. The fourth-order valence-electron chi connectivity index (χ4n) is 2.45. The number of aromatic nitrogens is 2. The first-order valence-electron chi connectivity index (χ1n) is 7.12. The first-order chi connectivity index (χ1) is 9.76. The number of nitrogens with one attached hydrogen (secondary N) is 1. The van der Waals surface area contributed by atoms with Gasteiger partial charge in [0.2, 0.25) is 0 Å². The summed E-state index contributed by atoms with van der Waals surface area (Å²) in [6.45, 7) is 2.70. The molecule has 0 aliphatic rings. The van der Waals surface area contributed by atoms with E-state index in [1.54, 1.807) is 0 Å². The fraction of sp³-hybridized carbons (Fsp3) is 0.438. The molecular formula is C16H23N3O. The number of rotatable bonds is 7. The molecule has 0 bridgehead atoms. The van der Waals surface area contributed by atoms with Gasteiger partial charge in [0, 0.05) is 30.5 Å². The molecular weight excluding hydrogens is 250 g/mol. The lowest BCUT2D eigenvalue weighted by molar-refractivity contribution is 0.331. The van der Waals surface area contributed by atoms with E-state index in [0.717, 1.165) is 18.6 Å². The van der Waals surface area contributed by atoms with Crippen molar-refractivity contribution in [3.63, 3.8) is 0 Å². The lowest BCUT2D eigenvalue weighted by Crippen LogP contribution is -2.18. The van der Waals surface area contributed by atoms with E-state index < -0.39 is 0 Å². The minimum absolute atomic E-state index is 0.285. The van der Waals surface area contributed by atoms with Crippen LogP contribution in [0.1, 0.15) is 30.6 Å². The number of benzene rings is 1. The zero-order valence-electron chi connectivity index (χ0n) is 12.5. The Balaban J connectivity index is 2.10. The van der Waals surface area contributed by atoms with Crippen molar-refractivity contribution < 1.29 is 4.74 Å². The monoisotopic (exact) mass is 273 g/mol. The molecule has 1 aromatic carbocycles. The average molecular weight is 273 g/mol. The quantitative estimate of drug-likeness (QED) is 0.843. The van der Waals surface area contributed by atoms with Crippen molar-refractivity contribution >= 4 is 0 Å². The minimum atomic E-state index is 0.285. The second-order valence-corrected chi connectivity index (χ2v) is 4.80. The van der Waals surface area contributed by atoms with E-state index in [1.165, 1.54) is 11.3 Å². The summed E-state index contributed by atoms with van der Waals surface area (Å²) in [5.74, 6) is 0.972. The van der Waals surface area contributed by atoms with E-state index in [-0.39, 0.29) is 6.04 Å². The topological polar surface area (TPSA) is 39.1 Å². The Bertz CT molecular complexity index is 536. The largest absolute Gasteiger partial charge is 0.494 e. The van der Waals surface area contributed by atoms with Gasteiger partial charge in [-0.3, -0.25) is 4.68 Å². The molecule has 108 valence electrons. The van der Waals surface area contributed by atoms with Crippen LogP contribution in [0.5, 0.6) is 5.75 Å². The SMILES string of the molecule is CCOc1ccccc1C(CCc1ccnn1C)NC. The zero-order chi connectivity index (χ0) is 14.4. The van der Waals surface area contributed by atoms with Crippen LogP contribution in [0.15, 0.2) is 36.5 Å². The molecule has 1 unspecified atom stereocenters. The number of hydrogen-bond donors (Lipinski definition) is 1. The van der Waals surface area contributed by atoms with Gasteiger partial charge in [0.1, 0.15) is 5.75 Å². The lowest BCUT2D eigenvalue weighted by atomic mass is 10.00. The van der Waals surface area contributed by atoms with E-state index in [2.05, 4.69) is 28.6 Å². The van der Waals surface area contributed by atoms with Crippen LogP contribution in [0.2, 0.25) is 0 Å². The van der Waals surface area contributed by atoms with Gasteiger partial charge < -0.3 is 10.1 Å². The highest BCUT2D eigenvalue weighted by molar-refractivity contribution is 5.36. The molecule has 0 aliphatic heterocycles. The predicted molar refractivity (Wildman–Crippen MR) is 80.9 cm³/mol. The van der Waals surface area contributed by atoms with Crippen LogP contribution in [0.4, 0.5) is 0 Å². The van der Waals surface area contributed by atoms with Crippen LogP contribution >= 0.6 is 0 Å². The van der Waals surface area contributed by atoms with E-state index in [9.17, 15) is 0 Å². The maximum absolute atomic E-state index is 5.72. The Morgan fingerprint density at radius 3 is 2.75 bits per heavy atom. The molecule has 0 saturated carbocycles. The van der Waals surface area contributed by atoms with Gasteiger partial charge >= 0.3 is 0 Å². The molecule has 0 amide bonds. The number of nitrogens with zero attached hydrogens (tertiary/aromatic N) is 2. The predicted octanol–water partition coefficient (Wildman–Crippen LogP) is 2.71. The smallest absolute Gasteiger partial charge is 0.124 e. The molecule has 1 N–H and O–H groups in total. The molecule has 2 rings (SSSR count). The molecule has 1 heterocycles. The van der Waals surface area contributed by atoms with Gasteiger partial charge in [0.05, 0.1) is 6.61 Å². The molecule has 0 aliphatic carbocycles. The first-order valence-corrected chi connectivity index (χ1v) is 7.12. The Kier molecular flexibility index (Phi) is 5.18.